The van der Waals surface area contributed by atoms with Crippen molar-refractivity contribution in [3.63, 3.8) is 0 Å². The van der Waals surface area contributed by atoms with Crippen molar-refractivity contribution in [2.75, 3.05) is 18.5 Å². The lowest BCUT2D eigenvalue weighted by Crippen LogP contribution is -2.37. The van der Waals surface area contributed by atoms with E-state index in [1.165, 1.54) is 22.7 Å². The molecule has 0 N–H and O–H groups in total. The van der Waals surface area contributed by atoms with Crippen LogP contribution in [0.3, 0.4) is 0 Å². The Morgan fingerprint density at radius 2 is 1.58 bits per heavy atom. The van der Waals surface area contributed by atoms with E-state index in [4.69, 9.17) is 0 Å². The molecule has 0 bridgehead atoms. The van der Waals surface area contributed by atoms with Crippen molar-refractivity contribution >= 4 is 41.5 Å². The number of hydrogen-bond acceptors (Lipinski definition) is 3. The van der Waals surface area contributed by atoms with Crippen LogP contribution in [0.15, 0.2) is 82.6 Å². The zero-order chi connectivity index (χ0) is 21.3. The van der Waals surface area contributed by atoms with Crippen LogP contribution in [-0.4, -0.2) is 24.4 Å². The minimum absolute atomic E-state index is 0. The third-order valence-electron chi connectivity index (χ3n) is 4.80. The number of alkyl halides is 3. The van der Waals surface area contributed by atoms with Crippen LogP contribution in [-0.2, 0) is 17.5 Å². The van der Waals surface area contributed by atoms with Crippen molar-refractivity contribution in [3.05, 3.63) is 83.9 Å². The fraction of sp³-hybridized carbons (Fsp3) is 0.174. The van der Waals surface area contributed by atoms with E-state index >= 15 is 0 Å². The van der Waals surface area contributed by atoms with Gasteiger partial charge < -0.3 is 0 Å². The molecule has 162 valence electrons. The first-order valence-corrected chi connectivity index (χ1v) is 10.2. The number of benzene rings is 3. The maximum Gasteiger partial charge on any atom is 0.416 e. The molecule has 8 heteroatoms. The smallest absolute Gasteiger partial charge is 0.293 e. The number of likely N-dealkylation sites (N-methyl/N-ethyl adjacent to an activating group) is 1. The standard InChI is InChI=1S/C23H19F3N2OS.ClH/c1-27(14-16-7-3-2-4-8-16)15-22(29)28-18-9-5-6-10-20(18)30-21-12-11-17(13-19(21)28)23(24,25)26;/h2-13H,14-15H2,1H3;1H. The van der Waals surface area contributed by atoms with E-state index in [0.717, 1.165) is 22.6 Å². The molecule has 0 saturated carbocycles. The molecule has 31 heavy (non-hydrogen) atoms. The average Bonchev–Trinajstić information content (AvgIpc) is 2.71. The zero-order valence-corrected chi connectivity index (χ0v) is 18.2. The van der Waals surface area contributed by atoms with Crippen LogP contribution >= 0.6 is 24.2 Å². The molecular formula is C23H20ClF3N2OS. The predicted octanol–water partition coefficient (Wildman–Crippen LogP) is 6.39. The van der Waals surface area contributed by atoms with Crippen LogP contribution in [0.25, 0.3) is 0 Å². The number of carbonyl (C=O) groups excluding carboxylic acids is 1. The maximum atomic E-state index is 13.3. The highest BCUT2D eigenvalue weighted by Crippen LogP contribution is 2.49. The topological polar surface area (TPSA) is 23.6 Å². The average molecular weight is 465 g/mol. The summed E-state index contributed by atoms with van der Waals surface area (Å²) in [7, 11) is 1.82. The largest absolute Gasteiger partial charge is 0.416 e. The lowest BCUT2D eigenvalue weighted by atomic mass is 10.1. The van der Waals surface area contributed by atoms with Crippen molar-refractivity contribution in [2.24, 2.45) is 0 Å². The van der Waals surface area contributed by atoms with E-state index in [-0.39, 0.29) is 30.5 Å². The molecule has 3 aromatic rings. The summed E-state index contributed by atoms with van der Waals surface area (Å²) in [5.74, 6) is -0.276. The van der Waals surface area contributed by atoms with Gasteiger partial charge in [0.15, 0.2) is 0 Å². The van der Waals surface area contributed by atoms with Crippen LogP contribution in [0.1, 0.15) is 11.1 Å². The Morgan fingerprint density at radius 3 is 2.29 bits per heavy atom. The maximum absolute atomic E-state index is 13.3. The third kappa shape index (κ3) is 5.06. The van der Waals surface area contributed by atoms with Crippen LogP contribution in [0.5, 0.6) is 0 Å². The van der Waals surface area contributed by atoms with Gasteiger partial charge in [-0.05, 0) is 42.9 Å². The number of hydrogen-bond donors (Lipinski definition) is 0. The number of anilines is 2. The van der Waals surface area contributed by atoms with Crippen molar-refractivity contribution in [1.82, 2.24) is 4.90 Å². The number of halogens is 4. The first-order chi connectivity index (χ1) is 14.3. The first-order valence-electron chi connectivity index (χ1n) is 9.36. The van der Waals surface area contributed by atoms with Gasteiger partial charge in [0.25, 0.3) is 0 Å². The van der Waals surface area contributed by atoms with Gasteiger partial charge in [-0.3, -0.25) is 14.6 Å². The van der Waals surface area contributed by atoms with Gasteiger partial charge in [0.2, 0.25) is 5.91 Å². The SMILES string of the molecule is CN(CC(=O)N1c2ccccc2Sc2ccc(C(F)(F)F)cc21)Cc1ccccc1.Cl. The molecule has 0 saturated heterocycles. The van der Waals surface area contributed by atoms with Gasteiger partial charge in [0.05, 0.1) is 23.5 Å². The Kier molecular flexibility index (Phi) is 6.99. The highest BCUT2D eigenvalue weighted by molar-refractivity contribution is 7.99. The van der Waals surface area contributed by atoms with Crippen LogP contribution in [0, 0.1) is 0 Å². The van der Waals surface area contributed by atoms with Crippen molar-refractivity contribution < 1.29 is 18.0 Å². The highest BCUT2D eigenvalue weighted by atomic mass is 35.5. The minimum Gasteiger partial charge on any atom is -0.293 e. The number of para-hydroxylation sites is 1. The first kappa shape index (κ1) is 23.2. The van der Waals surface area contributed by atoms with Crippen molar-refractivity contribution in [2.45, 2.75) is 22.5 Å². The normalized spacial score (nSPS) is 12.7. The van der Waals surface area contributed by atoms with E-state index in [0.29, 0.717) is 17.1 Å². The van der Waals surface area contributed by atoms with Gasteiger partial charge in [-0.15, -0.1) is 12.4 Å². The molecule has 0 atom stereocenters. The fourth-order valence-corrected chi connectivity index (χ4v) is 4.49. The lowest BCUT2D eigenvalue weighted by molar-refractivity contribution is -0.137. The zero-order valence-electron chi connectivity index (χ0n) is 16.6. The summed E-state index contributed by atoms with van der Waals surface area (Å²) < 4.78 is 39.9. The second-order valence-corrected chi connectivity index (χ2v) is 8.22. The number of amides is 1. The number of carbonyl (C=O) groups is 1. The van der Waals surface area contributed by atoms with Gasteiger partial charge in [-0.1, -0.05) is 54.2 Å². The van der Waals surface area contributed by atoms with Crippen molar-refractivity contribution in [1.29, 1.82) is 0 Å². The molecule has 4 rings (SSSR count). The molecule has 0 radical (unpaired) electrons. The van der Waals surface area contributed by atoms with Gasteiger partial charge in [0, 0.05) is 16.3 Å². The Balaban J connectivity index is 0.00000272. The number of fused-ring (bicyclic) bond motifs is 2. The van der Waals surface area contributed by atoms with Crippen molar-refractivity contribution in [3.8, 4) is 0 Å². The number of nitrogens with zero attached hydrogens (tertiary/aromatic N) is 2. The second-order valence-electron chi connectivity index (χ2n) is 7.14. The summed E-state index contributed by atoms with van der Waals surface area (Å²) in [6.07, 6.45) is -4.48. The van der Waals surface area contributed by atoms with Crippen LogP contribution < -0.4 is 4.90 Å². The summed E-state index contributed by atoms with van der Waals surface area (Å²) in [5, 5.41) is 0. The quantitative estimate of drug-likeness (QED) is 0.447. The summed E-state index contributed by atoms with van der Waals surface area (Å²) in [6, 6.07) is 20.6. The van der Waals surface area contributed by atoms with E-state index < -0.39 is 11.7 Å². The Labute approximate surface area is 189 Å². The molecule has 1 aliphatic rings. The Hall–Kier alpha value is -2.48. The van der Waals surface area contributed by atoms with Gasteiger partial charge in [0.1, 0.15) is 0 Å². The fourth-order valence-electron chi connectivity index (χ4n) is 3.45. The van der Waals surface area contributed by atoms with Crippen LogP contribution in [0.2, 0.25) is 0 Å². The van der Waals surface area contributed by atoms with Gasteiger partial charge in [-0.2, -0.15) is 13.2 Å². The molecule has 0 aliphatic carbocycles. The predicted molar refractivity (Wildman–Crippen MR) is 119 cm³/mol. The van der Waals surface area contributed by atoms with Gasteiger partial charge >= 0.3 is 6.18 Å². The summed E-state index contributed by atoms with van der Waals surface area (Å²) in [6.45, 7) is 0.635. The second kappa shape index (κ2) is 9.34. The molecule has 1 amide bonds. The summed E-state index contributed by atoms with van der Waals surface area (Å²) in [5.41, 5.74) is 1.16. The monoisotopic (exact) mass is 464 g/mol. The minimum atomic E-state index is -4.48. The summed E-state index contributed by atoms with van der Waals surface area (Å²) in [4.78, 5) is 18.0. The highest BCUT2D eigenvalue weighted by Gasteiger charge is 2.35. The Bertz CT molecular complexity index is 1080. The molecule has 0 spiro atoms. The molecule has 1 aliphatic heterocycles. The molecular weight excluding hydrogens is 445 g/mol. The third-order valence-corrected chi connectivity index (χ3v) is 5.93. The van der Waals surface area contributed by atoms with E-state index in [1.807, 2.05) is 54.4 Å². The molecule has 1 heterocycles. The van der Waals surface area contributed by atoms with E-state index in [2.05, 4.69) is 0 Å². The van der Waals surface area contributed by atoms with E-state index in [9.17, 15) is 18.0 Å². The van der Waals surface area contributed by atoms with E-state index in [1.54, 1.807) is 12.1 Å². The number of rotatable bonds is 4. The Morgan fingerprint density at radius 1 is 0.935 bits per heavy atom. The van der Waals surface area contributed by atoms with Crippen LogP contribution in [0.4, 0.5) is 24.5 Å². The molecule has 0 fully saturated rings. The van der Waals surface area contributed by atoms with Gasteiger partial charge in [-0.25, -0.2) is 0 Å². The lowest BCUT2D eigenvalue weighted by Gasteiger charge is -2.32. The molecule has 3 aromatic carbocycles. The molecule has 0 aromatic heterocycles. The summed E-state index contributed by atoms with van der Waals surface area (Å²) >= 11 is 1.37. The molecule has 3 nitrogen and oxygen atoms in total. The molecule has 0 unspecified atom stereocenters.